The lowest BCUT2D eigenvalue weighted by atomic mass is 10.1. The molecule has 1 atom stereocenters. The van der Waals surface area contributed by atoms with Crippen LogP contribution in [0.1, 0.15) is 35.0 Å². The van der Waals surface area contributed by atoms with Crippen molar-refractivity contribution in [1.82, 2.24) is 5.32 Å². The van der Waals surface area contributed by atoms with Gasteiger partial charge < -0.3 is 15.5 Å². The molecule has 0 aliphatic carbocycles. The summed E-state index contributed by atoms with van der Waals surface area (Å²) in [5.74, 6) is -0.114. The highest BCUT2D eigenvalue weighted by Gasteiger charge is 2.16. The highest BCUT2D eigenvalue weighted by atomic mass is 19.1. The van der Waals surface area contributed by atoms with E-state index in [0.717, 1.165) is 5.76 Å². The van der Waals surface area contributed by atoms with Gasteiger partial charge in [0.1, 0.15) is 11.6 Å². The second-order valence-corrected chi connectivity index (χ2v) is 5.19. The molecule has 5 heteroatoms. The number of halogens is 1. The van der Waals surface area contributed by atoms with Crippen LogP contribution < -0.4 is 11.1 Å². The summed E-state index contributed by atoms with van der Waals surface area (Å²) >= 11 is 0. The normalized spacial score (nSPS) is 12.1. The van der Waals surface area contributed by atoms with Crippen LogP contribution in [0, 0.1) is 12.7 Å². The molecule has 2 rings (SSSR count). The van der Waals surface area contributed by atoms with Crippen LogP contribution in [-0.2, 0) is 6.42 Å². The van der Waals surface area contributed by atoms with Crippen LogP contribution in [0.15, 0.2) is 34.9 Å². The number of anilines is 1. The fourth-order valence-electron chi connectivity index (χ4n) is 2.15. The number of rotatable bonds is 5. The Morgan fingerprint density at radius 2 is 2.24 bits per heavy atom. The molecule has 0 aliphatic rings. The lowest BCUT2D eigenvalue weighted by Gasteiger charge is -2.14. The van der Waals surface area contributed by atoms with E-state index in [4.69, 9.17) is 10.2 Å². The first-order valence-electron chi connectivity index (χ1n) is 6.86. The first-order valence-corrected chi connectivity index (χ1v) is 6.86. The largest absolute Gasteiger partial charge is 0.469 e. The number of furan rings is 1. The van der Waals surface area contributed by atoms with E-state index in [1.165, 1.54) is 12.1 Å². The number of aryl methyl sites for hydroxylation is 2. The predicted molar refractivity (Wildman–Crippen MR) is 79.5 cm³/mol. The fraction of sp³-hybridized carbons (Fsp3) is 0.312. The Labute approximate surface area is 123 Å². The maximum atomic E-state index is 14.0. The number of nitrogens with one attached hydrogen (secondary N) is 1. The van der Waals surface area contributed by atoms with Crippen molar-refractivity contribution in [2.24, 2.45) is 0 Å². The number of hydrogen-bond acceptors (Lipinski definition) is 3. The second-order valence-electron chi connectivity index (χ2n) is 5.19. The highest BCUT2D eigenvalue weighted by molar-refractivity contribution is 5.95. The lowest BCUT2D eigenvalue weighted by Crippen LogP contribution is -2.33. The number of amides is 1. The minimum absolute atomic E-state index is 0.0163. The molecule has 1 amide bonds. The molecule has 0 bridgehead atoms. The van der Waals surface area contributed by atoms with E-state index in [1.807, 2.05) is 19.1 Å². The summed E-state index contributed by atoms with van der Waals surface area (Å²) in [6.07, 6.45) is 3.04. The maximum Gasteiger partial charge on any atom is 0.254 e. The van der Waals surface area contributed by atoms with Crippen molar-refractivity contribution < 1.29 is 13.6 Å². The van der Waals surface area contributed by atoms with E-state index >= 15 is 0 Å². The van der Waals surface area contributed by atoms with Gasteiger partial charge in [0.05, 0.1) is 11.8 Å². The molecule has 2 aromatic rings. The van der Waals surface area contributed by atoms with Crippen LogP contribution in [-0.4, -0.2) is 11.9 Å². The van der Waals surface area contributed by atoms with Crippen LogP contribution in [0.4, 0.5) is 10.1 Å². The van der Waals surface area contributed by atoms with Crippen molar-refractivity contribution in [2.45, 2.75) is 32.7 Å². The Bertz CT molecular complexity index is 623. The Morgan fingerprint density at radius 3 is 2.90 bits per heavy atom. The molecular formula is C16H19FN2O2. The number of hydrogen-bond donors (Lipinski definition) is 2. The monoisotopic (exact) mass is 290 g/mol. The Hall–Kier alpha value is -2.30. The smallest absolute Gasteiger partial charge is 0.254 e. The summed E-state index contributed by atoms with van der Waals surface area (Å²) in [6, 6.07) is 6.48. The number of carbonyl (C=O) groups is 1. The third kappa shape index (κ3) is 3.84. The topological polar surface area (TPSA) is 68.3 Å². The zero-order valence-corrected chi connectivity index (χ0v) is 12.2. The van der Waals surface area contributed by atoms with Crippen LogP contribution in [0.25, 0.3) is 0 Å². The molecule has 3 N–H and O–H groups in total. The Balaban J connectivity index is 1.97. The number of nitrogens with two attached hydrogens (primary N) is 1. The van der Waals surface area contributed by atoms with E-state index in [0.29, 0.717) is 24.1 Å². The molecule has 0 aliphatic heterocycles. The SMILES string of the molecule is Cc1cc(N)cc(C(=O)NC(C)CCc2ccco2)c1F. The van der Waals surface area contributed by atoms with Gasteiger partial charge in [-0.3, -0.25) is 4.79 Å². The number of benzene rings is 1. The summed E-state index contributed by atoms with van der Waals surface area (Å²) in [5, 5.41) is 2.78. The average Bonchev–Trinajstić information content (AvgIpc) is 2.93. The van der Waals surface area contributed by atoms with Crippen molar-refractivity contribution >= 4 is 11.6 Å². The predicted octanol–water partition coefficient (Wildman–Crippen LogP) is 3.06. The van der Waals surface area contributed by atoms with Gasteiger partial charge in [-0.1, -0.05) is 0 Å². The zero-order valence-electron chi connectivity index (χ0n) is 12.2. The average molecular weight is 290 g/mol. The fourth-order valence-corrected chi connectivity index (χ4v) is 2.15. The Morgan fingerprint density at radius 1 is 1.48 bits per heavy atom. The molecule has 4 nitrogen and oxygen atoms in total. The summed E-state index contributed by atoms with van der Waals surface area (Å²) in [6.45, 7) is 3.46. The molecule has 0 saturated heterocycles. The summed E-state index contributed by atoms with van der Waals surface area (Å²) < 4.78 is 19.2. The molecule has 0 fully saturated rings. The third-order valence-electron chi connectivity index (χ3n) is 3.30. The van der Waals surface area contributed by atoms with Crippen molar-refractivity contribution in [3.63, 3.8) is 0 Å². The zero-order chi connectivity index (χ0) is 15.4. The molecule has 1 aromatic heterocycles. The van der Waals surface area contributed by atoms with Crippen molar-refractivity contribution in [2.75, 3.05) is 5.73 Å². The molecule has 1 unspecified atom stereocenters. The highest BCUT2D eigenvalue weighted by Crippen LogP contribution is 2.17. The van der Waals surface area contributed by atoms with E-state index < -0.39 is 11.7 Å². The van der Waals surface area contributed by atoms with Gasteiger partial charge >= 0.3 is 0 Å². The maximum absolute atomic E-state index is 14.0. The molecule has 0 radical (unpaired) electrons. The van der Waals surface area contributed by atoms with Crippen molar-refractivity contribution in [1.29, 1.82) is 0 Å². The van der Waals surface area contributed by atoms with Crippen molar-refractivity contribution in [3.8, 4) is 0 Å². The van der Waals surface area contributed by atoms with E-state index in [-0.39, 0.29) is 11.6 Å². The number of nitrogen functional groups attached to an aromatic ring is 1. The van der Waals surface area contributed by atoms with Gasteiger partial charge in [0.15, 0.2) is 0 Å². The van der Waals surface area contributed by atoms with E-state index in [9.17, 15) is 9.18 Å². The summed E-state index contributed by atoms with van der Waals surface area (Å²) in [4.78, 5) is 12.1. The van der Waals surface area contributed by atoms with Crippen molar-refractivity contribution in [3.05, 3.63) is 53.2 Å². The molecule has 21 heavy (non-hydrogen) atoms. The van der Waals surface area contributed by atoms with Gasteiger partial charge in [0.25, 0.3) is 5.91 Å². The minimum atomic E-state index is -0.528. The summed E-state index contributed by atoms with van der Waals surface area (Å²) in [7, 11) is 0. The van der Waals surface area contributed by atoms with Crippen LogP contribution in [0.5, 0.6) is 0 Å². The van der Waals surface area contributed by atoms with Gasteiger partial charge in [0, 0.05) is 18.2 Å². The van der Waals surface area contributed by atoms with Crippen LogP contribution in [0.2, 0.25) is 0 Å². The molecule has 0 saturated carbocycles. The van der Waals surface area contributed by atoms with Gasteiger partial charge in [-0.2, -0.15) is 0 Å². The first-order chi connectivity index (χ1) is 9.97. The molecule has 1 heterocycles. The van der Waals surface area contributed by atoms with Gasteiger partial charge in [-0.05, 0) is 50.1 Å². The molecule has 1 aromatic carbocycles. The first kappa shape index (κ1) is 15.1. The third-order valence-corrected chi connectivity index (χ3v) is 3.30. The molecular weight excluding hydrogens is 271 g/mol. The lowest BCUT2D eigenvalue weighted by molar-refractivity contribution is 0.0934. The quantitative estimate of drug-likeness (QED) is 0.832. The Kier molecular flexibility index (Phi) is 4.62. The van der Waals surface area contributed by atoms with E-state index in [2.05, 4.69) is 5.32 Å². The van der Waals surface area contributed by atoms with Gasteiger partial charge in [0.2, 0.25) is 0 Å². The number of carbonyl (C=O) groups excluding carboxylic acids is 1. The van der Waals surface area contributed by atoms with E-state index in [1.54, 1.807) is 13.2 Å². The molecule has 0 spiro atoms. The van der Waals surface area contributed by atoms with Gasteiger partial charge in [-0.15, -0.1) is 0 Å². The van der Waals surface area contributed by atoms with Crippen LogP contribution >= 0.6 is 0 Å². The standard InChI is InChI=1S/C16H19FN2O2/c1-10-8-12(18)9-14(15(10)17)16(20)19-11(2)5-6-13-4-3-7-21-13/h3-4,7-9,11H,5-6,18H2,1-2H3,(H,19,20). The second kappa shape index (κ2) is 6.43. The minimum Gasteiger partial charge on any atom is -0.469 e. The van der Waals surface area contributed by atoms with Crippen LogP contribution in [0.3, 0.4) is 0 Å². The summed E-state index contributed by atoms with van der Waals surface area (Å²) in [5.41, 5.74) is 6.39. The molecule has 112 valence electrons. The van der Waals surface area contributed by atoms with Gasteiger partial charge in [-0.25, -0.2) is 4.39 Å².